The maximum absolute atomic E-state index is 15.6. The van der Waals surface area contributed by atoms with Crippen LogP contribution in [0, 0.1) is 0 Å². The van der Waals surface area contributed by atoms with Crippen LogP contribution in [-0.4, -0.2) is 50.6 Å². The summed E-state index contributed by atoms with van der Waals surface area (Å²) in [6, 6.07) is 6.17. The van der Waals surface area contributed by atoms with Gasteiger partial charge >= 0.3 is 11.9 Å². The van der Waals surface area contributed by atoms with Crippen molar-refractivity contribution in [2.24, 2.45) is 0 Å². The second-order valence-electron chi connectivity index (χ2n) is 9.92. The van der Waals surface area contributed by atoms with Crippen LogP contribution in [0.4, 0.5) is 17.6 Å². The second kappa shape index (κ2) is 13.1. The average molecular weight is 659 g/mol. The Morgan fingerprint density at radius 3 is 1.25 bits per heavy atom. The fourth-order valence-corrected chi connectivity index (χ4v) is 7.57. The van der Waals surface area contributed by atoms with E-state index in [2.05, 4.69) is 0 Å². The molecule has 0 fully saturated rings. The highest BCUT2D eigenvalue weighted by Crippen LogP contribution is 2.49. The molecular weight excluding hydrogens is 628 g/mol. The van der Waals surface area contributed by atoms with E-state index >= 15 is 17.6 Å². The third-order valence-corrected chi connectivity index (χ3v) is 9.80. The number of aryl methyl sites for hydroxylation is 2. The molecule has 0 aliphatic rings. The van der Waals surface area contributed by atoms with Crippen molar-refractivity contribution in [1.29, 1.82) is 0 Å². The maximum atomic E-state index is 15.6. The molecule has 44 heavy (non-hydrogen) atoms. The van der Waals surface area contributed by atoms with Crippen LogP contribution in [0.15, 0.2) is 24.3 Å². The second-order valence-corrected chi connectivity index (χ2v) is 12.0. The Labute approximate surface area is 257 Å². The third kappa shape index (κ3) is 6.65. The van der Waals surface area contributed by atoms with Gasteiger partial charge in [0.15, 0.2) is 23.0 Å². The quantitative estimate of drug-likeness (QED) is 0.124. The minimum atomic E-state index is -3.53. The maximum Gasteiger partial charge on any atom is 0.303 e. The average Bonchev–Trinajstić information content (AvgIpc) is 3.54. The highest BCUT2D eigenvalue weighted by molar-refractivity contribution is 7.19. The standard InChI is InChI=1S/C30H30F4O8S2/c1-39-19-11-17-15(27(29(31,32)9-7-25(35)36)43-23(17)13-21(19)41-3)5-6-16-18-12-20(40-2)22(42-4)14-24(18)44-28(16)30(33,34)10-8-26(37)38/h11-14H,5-10H2,1-4H3,(H,35,36)(H,37,38). The molecule has 2 N–H and O–H groups in total. The van der Waals surface area contributed by atoms with Crippen molar-refractivity contribution in [3.63, 3.8) is 0 Å². The Balaban J connectivity index is 1.90. The Hall–Kier alpha value is -3.78. The number of hydrogen-bond acceptors (Lipinski definition) is 8. The molecule has 4 rings (SSSR count). The molecule has 0 radical (unpaired) electrons. The summed E-state index contributed by atoms with van der Waals surface area (Å²) in [6.45, 7) is 0. The molecular formula is C30H30F4O8S2. The summed E-state index contributed by atoms with van der Waals surface area (Å²) in [4.78, 5) is 21.5. The normalized spacial score (nSPS) is 12.1. The van der Waals surface area contributed by atoms with Gasteiger partial charge in [0.1, 0.15) is 0 Å². The monoisotopic (exact) mass is 658 g/mol. The number of alkyl halides is 4. The zero-order valence-corrected chi connectivity index (χ0v) is 25.9. The number of halogens is 4. The van der Waals surface area contributed by atoms with Crippen molar-refractivity contribution >= 4 is 54.8 Å². The van der Waals surface area contributed by atoms with E-state index in [1.165, 1.54) is 28.4 Å². The lowest BCUT2D eigenvalue weighted by Gasteiger charge is -2.18. The lowest BCUT2D eigenvalue weighted by atomic mass is 9.95. The molecule has 0 spiro atoms. The molecule has 2 heterocycles. The molecule has 0 saturated heterocycles. The number of ether oxygens (including phenoxy) is 4. The summed E-state index contributed by atoms with van der Waals surface area (Å²) in [5, 5.41) is 18.9. The molecule has 238 valence electrons. The van der Waals surface area contributed by atoms with Crippen LogP contribution in [0.1, 0.15) is 46.6 Å². The first-order valence-corrected chi connectivity index (χ1v) is 14.9. The highest BCUT2D eigenvalue weighted by atomic mass is 32.1. The first-order valence-electron chi connectivity index (χ1n) is 13.3. The molecule has 0 saturated carbocycles. The molecule has 0 amide bonds. The number of fused-ring (bicyclic) bond motifs is 2. The van der Waals surface area contributed by atoms with Crippen molar-refractivity contribution < 1.29 is 56.3 Å². The summed E-state index contributed by atoms with van der Waals surface area (Å²) < 4.78 is 84.7. The van der Waals surface area contributed by atoms with Crippen LogP contribution in [0.25, 0.3) is 20.2 Å². The van der Waals surface area contributed by atoms with E-state index in [4.69, 9.17) is 29.2 Å². The summed E-state index contributed by atoms with van der Waals surface area (Å²) in [6.07, 6.45) is -3.68. The molecule has 0 bridgehead atoms. The zero-order valence-electron chi connectivity index (χ0n) is 24.2. The lowest BCUT2D eigenvalue weighted by molar-refractivity contribution is -0.140. The van der Waals surface area contributed by atoms with Gasteiger partial charge in [0.05, 0.1) is 51.0 Å². The van der Waals surface area contributed by atoms with Crippen LogP contribution in [0.5, 0.6) is 23.0 Å². The minimum Gasteiger partial charge on any atom is -0.493 e. The van der Waals surface area contributed by atoms with Crippen LogP contribution < -0.4 is 18.9 Å². The minimum absolute atomic E-state index is 0.115. The Kier molecular flexibility index (Phi) is 9.83. The van der Waals surface area contributed by atoms with Crippen LogP contribution in [-0.2, 0) is 34.3 Å². The molecule has 0 aliphatic carbocycles. The number of aliphatic carboxylic acids is 2. The van der Waals surface area contributed by atoms with Gasteiger partial charge in [-0.2, -0.15) is 0 Å². The van der Waals surface area contributed by atoms with Gasteiger partial charge in [-0.3, -0.25) is 9.59 Å². The van der Waals surface area contributed by atoms with E-state index in [0.717, 1.165) is 22.7 Å². The van der Waals surface area contributed by atoms with E-state index in [0.29, 0.717) is 31.7 Å². The number of methoxy groups -OCH3 is 4. The summed E-state index contributed by atoms with van der Waals surface area (Å²) in [5.74, 6) is -8.65. The predicted molar refractivity (Wildman–Crippen MR) is 159 cm³/mol. The van der Waals surface area contributed by atoms with Gasteiger partial charge in [0, 0.05) is 45.1 Å². The fourth-order valence-electron chi connectivity index (χ4n) is 5.04. The van der Waals surface area contributed by atoms with Gasteiger partial charge in [-0.15, -0.1) is 22.7 Å². The predicted octanol–water partition coefficient (Wildman–Crippen LogP) is 7.85. The van der Waals surface area contributed by atoms with Gasteiger partial charge in [-0.1, -0.05) is 0 Å². The fraction of sp³-hybridized carbons (Fsp3) is 0.400. The van der Waals surface area contributed by atoms with Crippen LogP contribution in [0.3, 0.4) is 0 Å². The van der Waals surface area contributed by atoms with E-state index in [1.54, 1.807) is 24.3 Å². The van der Waals surface area contributed by atoms with Gasteiger partial charge in [-0.25, -0.2) is 17.6 Å². The van der Waals surface area contributed by atoms with Gasteiger partial charge < -0.3 is 29.2 Å². The first-order chi connectivity index (χ1) is 20.8. The Morgan fingerprint density at radius 2 is 0.955 bits per heavy atom. The number of thiophene rings is 2. The summed E-state index contributed by atoms with van der Waals surface area (Å²) in [7, 11) is 5.58. The number of carboxylic acid groups (broad SMARTS) is 2. The Bertz CT molecular complexity index is 1570. The van der Waals surface area contributed by atoms with Gasteiger partial charge in [0.25, 0.3) is 11.8 Å². The topological polar surface area (TPSA) is 112 Å². The first kappa shape index (κ1) is 33.1. The Morgan fingerprint density at radius 1 is 0.636 bits per heavy atom. The number of rotatable bonds is 15. The van der Waals surface area contributed by atoms with Crippen molar-refractivity contribution in [3.05, 3.63) is 45.1 Å². The summed E-state index contributed by atoms with van der Waals surface area (Å²) >= 11 is 1.56. The molecule has 4 aromatic rings. The van der Waals surface area contributed by atoms with E-state index in [9.17, 15) is 9.59 Å². The summed E-state index contributed by atoms with van der Waals surface area (Å²) in [5.41, 5.74) is 0.335. The number of carboxylic acids is 2. The van der Waals surface area contributed by atoms with E-state index in [-0.39, 0.29) is 45.2 Å². The lowest BCUT2D eigenvalue weighted by Crippen LogP contribution is -2.17. The SMILES string of the molecule is COc1cc2sc(C(F)(F)CCC(=O)O)c(CCc3c(C(F)(F)CCC(=O)O)sc4cc(OC)c(OC)cc34)c2cc1OC. The van der Waals surface area contributed by atoms with E-state index < -0.39 is 49.5 Å². The highest BCUT2D eigenvalue weighted by Gasteiger charge is 2.39. The van der Waals surface area contributed by atoms with Crippen LogP contribution in [0.2, 0.25) is 0 Å². The van der Waals surface area contributed by atoms with Gasteiger partial charge in [0.2, 0.25) is 0 Å². The number of hydrogen-bond donors (Lipinski definition) is 2. The van der Waals surface area contributed by atoms with Crippen molar-refractivity contribution in [2.75, 3.05) is 28.4 Å². The van der Waals surface area contributed by atoms with Crippen molar-refractivity contribution in [1.82, 2.24) is 0 Å². The molecule has 14 heteroatoms. The number of carbonyl (C=O) groups is 2. The number of benzene rings is 2. The van der Waals surface area contributed by atoms with E-state index in [1.807, 2.05) is 0 Å². The molecule has 0 aliphatic heterocycles. The van der Waals surface area contributed by atoms with Crippen LogP contribution >= 0.6 is 22.7 Å². The molecule has 8 nitrogen and oxygen atoms in total. The zero-order chi connectivity index (χ0) is 32.4. The molecule has 0 atom stereocenters. The molecule has 0 unspecified atom stereocenters. The molecule has 2 aromatic carbocycles. The van der Waals surface area contributed by atoms with Crippen molar-refractivity contribution in [3.8, 4) is 23.0 Å². The molecule has 2 aromatic heterocycles. The third-order valence-electron chi connectivity index (χ3n) is 7.19. The van der Waals surface area contributed by atoms with Gasteiger partial charge in [-0.05, 0) is 36.1 Å². The largest absolute Gasteiger partial charge is 0.493 e. The smallest absolute Gasteiger partial charge is 0.303 e. The van der Waals surface area contributed by atoms with Crippen molar-refractivity contribution in [2.45, 2.75) is 50.4 Å².